The van der Waals surface area contributed by atoms with E-state index in [1.807, 2.05) is 32.0 Å². The number of esters is 3. The summed E-state index contributed by atoms with van der Waals surface area (Å²) in [6.07, 6.45) is -3.18. The number of hydrogen-bond donors (Lipinski definition) is 0. The van der Waals surface area contributed by atoms with E-state index in [2.05, 4.69) is 4.74 Å². The first-order valence-corrected chi connectivity index (χ1v) is 15.5. The largest absolute Gasteiger partial charge is 0.467 e. The minimum absolute atomic E-state index is 0.0493. The van der Waals surface area contributed by atoms with E-state index in [9.17, 15) is 42.5 Å². The fourth-order valence-electron chi connectivity index (χ4n) is 4.64. The molecule has 0 bridgehead atoms. The van der Waals surface area contributed by atoms with Crippen LogP contribution in [0.5, 0.6) is 11.5 Å². The van der Waals surface area contributed by atoms with Crippen LogP contribution in [-0.2, 0) is 30.0 Å². The number of amides is 1. The van der Waals surface area contributed by atoms with Gasteiger partial charge in [0.05, 0.1) is 41.2 Å². The van der Waals surface area contributed by atoms with E-state index in [0.29, 0.717) is 11.8 Å². The molecule has 0 aliphatic carbocycles. The Morgan fingerprint density at radius 1 is 0.981 bits per heavy atom. The number of carbonyl (C=O) groups excluding carboxylic acids is 4. The van der Waals surface area contributed by atoms with Gasteiger partial charge in [-0.3, -0.25) is 19.8 Å². The van der Waals surface area contributed by atoms with Crippen LogP contribution in [0.4, 0.5) is 24.5 Å². The van der Waals surface area contributed by atoms with E-state index in [4.69, 9.17) is 30.2 Å². The second-order valence-electron chi connectivity index (χ2n) is 10.7. The number of nitro benzene ring substituents is 1. The Morgan fingerprint density at radius 2 is 1.65 bits per heavy atom. The first-order valence-electron chi connectivity index (χ1n) is 15.2. The summed E-state index contributed by atoms with van der Waals surface area (Å²) in [6.45, 7) is 6.26. The number of aryl methyl sites for hydroxylation is 2. The van der Waals surface area contributed by atoms with Crippen molar-refractivity contribution in [1.29, 1.82) is 0 Å². The van der Waals surface area contributed by atoms with E-state index in [1.165, 1.54) is 25.2 Å². The predicted molar refractivity (Wildman–Crippen MR) is 179 cm³/mol. The molecule has 0 saturated heterocycles. The van der Waals surface area contributed by atoms with Gasteiger partial charge >= 0.3 is 24.1 Å². The summed E-state index contributed by atoms with van der Waals surface area (Å²) in [7, 11) is 1.30. The summed E-state index contributed by atoms with van der Waals surface area (Å²) in [5.41, 5.74) is 0.333. The zero-order valence-electron chi connectivity index (χ0n) is 28.3. The highest BCUT2D eigenvalue weighted by molar-refractivity contribution is 6.32. The summed E-state index contributed by atoms with van der Waals surface area (Å²) < 4.78 is 62.8. The van der Waals surface area contributed by atoms with Crippen LogP contribution in [0.25, 0.3) is 0 Å². The monoisotopic (exact) mass is 748 g/mol. The number of ether oxygens (including phenoxy) is 4. The van der Waals surface area contributed by atoms with Crippen molar-refractivity contribution in [2.75, 3.05) is 25.2 Å². The summed E-state index contributed by atoms with van der Waals surface area (Å²) >= 11 is 5.81. The zero-order chi connectivity index (χ0) is 38.7. The molecule has 3 aromatic carbocycles. The van der Waals surface area contributed by atoms with Gasteiger partial charge in [-0.15, -0.1) is 0 Å². The topological polar surface area (TPSA) is 165 Å². The molecule has 17 heteroatoms. The number of para-hydroxylation sites is 1. The third-order valence-electron chi connectivity index (χ3n) is 7.06. The van der Waals surface area contributed by atoms with Gasteiger partial charge in [-0.05, 0) is 75.2 Å². The molecule has 1 atom stereocenters. The normalized spacial score (nSPS) is 11.3. The molecule has 52 heavy (non-hydrogen) atoms. The molecule has 276 valence electrons. The number of nitrogens with zero attached hydrogens (tertiary/aromatic N) is 2. The molecule has 0 aliphatic rings. The van der Waals surface area contributed by atoms with Crippen LogP contribution in [0, 0.1) is 24.0 Å². The summed E-state index contributed by atoms with van der Waals surface area (Å²) in [5.74, 6) is -3.04. The van der Waals surface area contributed by atoms with Crippen molar-refractivity contribution in [3.63, 3.8) is 0 Å². The lowest BCUT2D eigenvalue weighted by Gasteiger charge is -2.29. The van der Waals surface area contributed by atoms with Gasteiger partial charge < -0.3 is 23.4 Å². The van der Waals surface area contributed by atoms with Crippen LogP contribution in [0.15, 0.2) is 77.4 Å². The highest BCUT2D eigenvalue weighted by Crippen LogP contribution is 2.37. The Kier molecular flexibility index (Phi) is 13.9. The molecule has 1 heterocycles. The number of hydrogen-bond acceptors (Lipinski definition) is 11. The first kappa shape index (κ1) is 40.5. The maximum atomic E-state index is 12.8. The molecule has 0 saturated carbocycles. The third kappa shape index (κ3) is 10.3. The predicted octanol–water partition coefficient (Wildman–Crippen LogP) is 7.88. The fraction of sp³-hybridized carbons (Fsp3) is 0.257. The minimum atomic E-state index is -4.61. The molecular weight excluding hydrogens is 717 g/mol. The molecule has 4 aromatic rings. The van der Waals surface area contributed by atoms with Crippen molar-refractivity contribution in [2.24, 2.45) is 0 Å². The second kappa shape index (κ2) is 17.8. The van der Waals surface area contributed by atoms with E-state index >= 15 is 0 Å². The summed E-state index contributed by atoms with van der Waals surface area (Å²) in [5, 5.41) is 10.8. The van der Waals surface area contributed by atoms with Crippen LogP contribution in [0.3, 0.4) is 0 Å². The molecular formula is C35H32ClF3N2O11. The van der Waals surface area contributed by atoms with Crippen LogP contribution in [0.1, 0.15) is 51.5 Å². The average molecular weight is 749 g/mol. The Labute approximate surface area is 299 Å². The Morgan fingerprint density at radius 3 is 2.19 bits per heavy atom. The molecule has 0 spiro atoms. The molecule has 1 aromatic heterocycles. The van der Waals surface area contributed by atoms with Gasteiger partial charge in [0.2, 0.25) is 0 Å². The second-order valence-corrected chi connectivity index (χ2v) is 11.1. The molecule has 0 N–H and O–H groups in total. The molecule has 1 amide bonds. The quantitative estimate of drug-likeness (QED) is 0.0634. The maximum absolute atomic E-state index is 12.8. The SMILES string of the molecule is CCOC(=O)COC(=O)c1cc(Oc2ccc(C(F)(F)F)cc2Cl)ccc1[N+](=O)[O-].COC(=O)C(C)N(C(=O)c1ccco1)c1c(C)cccc1C. The summed E-state index contributed by atoms with van der Waals surface area (Å²) in [4.78, 5) is 60.0. The first-order chi connectivity index (χ1) is 24.5. The number of furan rings is 1. The Hall–Kier alpha value is -5.90. The number of nitro groups is 1. The number of halogens is 4. The maximum Gasteiger partial charge on any atom is 0.416 e. The number of rotatable bonds is 11. The Balaban J connectivity index is 0.000000294. The smallest absolute Gasteiger partial charge is 0.416 e. The number of methoxy groups -OCH3 is 1. The molecule has 1 unspecified atom stereocenters. The van der Waals surface area contributed by atoms with Crippen LogP contribution >= 0.6 is 11.6 Å². The van der Waals surface area contributed by atoms with Gasteiger partial charge in [0.1, 0.15) is 23.1 Å². The molecule has 0 aliphatic heterocycles. The van der Waals surface area contributed by atoms with Crippen LogP contribution < -0.4 is 9.64 Å². The van der Waals surface area contributed by atoms with Gasteiger partial charge in [0.15, 0.2) is 12.4 Å². The lowest BCUT2D eigenvalue weighted by Crippen LogP contribution is -2.44. The van der Waals surface area contributed by atoms with Crippen molar-refractivity contribution in [2.45, 2.75) is 39.9 Å². The standard InChI is InChI=1S/C18H13ClF3NO7.C17H19NO4/c1-2-28-16(24)9-29-17(25)12-8-11(4-5-14(12)23(26)27)30-15-6-3-10(7-13(15)19)18(20,21)22;1-11-7-5-8-12(2)15(11)18(13(3)17(20)21-4)16(19)14-9-6-10-22-14/h3-8H,2,9H2,1H3;5-10,13H,1-4H3. The van der Waals surface area contributed by atoms with E-state index < -0.39 is 58.5 Å². The number of benzene rings is 3. The minimum Gasteiger partial charge on any atom is -0.467 e. The molecule has 0 fully saturated rings. The van der Waals surface area contributed by atoms with E-state index in [1.54, 1.807) is 19.1 Å². The highest BCUT2D eigenvalue weighted by Gasteiger charge is 2.33. The van der Waals surface area contributed by atoms with Crippen molar-refractivity contribution >= 4 is 46.8 Å². The lowest BCUT2D eigenvalue weighted by molar-refractivity contribution is -0.385. The van der Waals surface area contributed by atoms with Gasteiger partial charge in [-0.1, -0.05) is 29.8 Å². The van der Waals surface area contributed by atoms with Crippen LogP contribution in [0.2, 0.25) is 5.02 Å². The van der Waals surface area contributed by atoms with E-state index in [0.717, 1.165) is 41.5 Å². The van der Waals surface area contributed by atoms with Gasteiger partial charge in [-0.2, -0.15) is 13.2 Å². The molecule has 13 nitrogen and oxygen atoms in total. The van der Waals surface area contributed by atoms with Crippen LogP contribution in [-0.4, -0.2) is 55.1 Å². The van der Waals surface area contributed by atoms with E-state index in [-0.39, 0.29) is 34.8 Å². The molecule has 0 radical (unpaired) electrons. The van der Waals surface area contributed by atoms with Gasteiger partial charge in [-0.25, -0.2) is 14.4 Å². The van der Waals surface area contributed by atoms with Gasteiger partial charge in [0.25, 0.3) is 11.6 Å². The van der Waals surface area contributed by atoms with Gasteiger partial charge in [0, 0.05) is 12.1 Å². The van der Waals surface area contributed by atoms with Crippen molar-refractivity contribution < 1.29 is 60.6 Å². The van der Waals surface area contributed by atoms with Crippen molar-refractivity contribution in [3.05, 3.63) is 116 Å². The number of alkyl halides is 3. The Bertz CT molecular complexity index is 1910. The number of anilines is 1. The molecule has 4 rings (SSSR count). The van der Waals surface area contributed by atoms with Crippen molar-refractivity contribution in [3.8, 4) is 11.5 Å². The fourth-order valence-corrected chi connectivity index (χ4v) is 4.86. The summed E-state index contributed by atoms with van der Waals surface area (Å²) in [6, 6.07) is 13.5. The van der Waals surface area contributed by atoms with Crippen molar-refractivity contribution in [1.82, 2.24) is 0 Å². The highest BCUT2D eigenvalue weighted by atomic mass is 35.5. The lowest BCUT2D eigenvalue weighted by atomic mass is 10.1. The average Bonchev–Trinajstić information content (AvgIpc) is 3.64. The zero-order valence-corrected chi connectivity index (χ0v) is 29.1. The number of carbonyl (C=O) groups is 4. The third-order valence-corrected chi connectivity index (χ3v) is 7.35.